The molecule has 0 atom stereocenters. The first-order chi connectivity index (χ1) is 10.1. The third-order valence-electron chi connectivity index (χ3n) is 3.04. The van der Waals surface area contributed by atoms with E-state index in [1.54, 1.807) is 12.1 Å². The SMILES string of the molecule is Nn1c(SCC(=O)NC2CC2)nnc1-c1ccc(Cl)cc1. The zero-order chi connectivity index (χ0) is 14.8. The smallest absolute Gasteiger partial charge is 0.230 e. The summed E-state index contributed by atoms with van der Waals surface area (Å²) >= 11 is 7.12. The van der Waals surface area contributed by atoms with Crippen LogP contribution in [0.15, 0.2) is 29.4 Å². The first-order valence-electron chi connectivity index (χ1n) is 6.52. The lowest BCUT2D eigenvalue weighted by atomic mass is 10.2. The topological polar surface area (TPSA) is 85.8 Å². The van der Waals surface area contributed by atoms with E-state index in [-0.39, 0.29) is 11.7 Å². The number of hydrogen-bond acceptors (Lipinski definition) is 5. The molecule has 0 spiro atoms. The number of hydrogen-bond donors (Lipinski definition) is 2. The number of nitrogens with one attached hydrogen (secondary N) is 1. The van der Waals surface area contributed by atoms with E-state index in [0.29, 0.717) is 22.0 Å². The van der Waals surface area contributed by atoms with Gasteiger partial charge >= 0.3 is 0 Å². The molecule has 8 heteroatoms. The molecule has 1 aromatic heterocycles. The van der Waals surface area contributed by atoms with Crippen molar-refractivity contribution >= 4 is 29.3 Å². The summed E-state index contributed by atoms with van der Waals surface area (Å²) in [6, 6.07) is 7.54. The number of nitrogen functional groups attached to an aromatic ring is 1. The van der Waals surface area contributed by atoms with Gasteiger partial charge in [-0.1, -0.05) is 23.4 Å². The summed E-state index contributed by atoms with van der Waals surface area (Å²) in [6.45, 7) is 0. The van der Waals surface area contributed by atoms with Crippen LogP contribution >= 0.6 is 23.4 Å². The predicted molar refractivity (Wildman–Crippen MR) is 82.5 cm³/mol. The number of rotatable bonds is 5. The van der Waals surface area contributed by atoms with Crippen LogP contribution in [0.3, 0.4) is 0 Å². The Morgan fingerprint density at radius 1 is 1.38 bits per heavy atom. The average Bonchev–Trinajstić information content (AvgIpc) is 3.20. The van der Waals surface area contributed by atoms with E-state index in [0.717, 1.165) is 18.4 Å². The summed E-state index contributed by atoms with van der Waals surface area (Å²) in [7, 11) is 0. The zero-order valence-electron chi connectivity index (χ0n) is 11.1. The van der Waals surface area contributed by atoms with Gasteiger partial charge in [0, 0.05) is 16.6 Å². The van der Waals surface area contributed by atoms with Crippen LogP contribution in [-0.4, -0.2) is 32.6 Å². The van der Waals surface area contributed by atoms with Crippen LogP contribution in [0.4, 0.5) is 0 Å². The van der Waals surface area contributed by atoms with Gasteiger partial charge in [0.1, 0.15) is 0 Å². The molecule has 0 saturated heterocycles. The lowest BCUT2D eigenvalue weighted by Gasteiger charge is -2.04. The van der Waals surface area contributed by atoms with Crippen molar-refractivity contribution in [1.29, 1.82) is 0 Å². The van der Waals surface area contributed by atoms with Crippen molar-refractivity contribution in [2.24, 2.45) is 0 Å². The molecule has 0 bridgehead atoms. The minimum atomic E-state index is -0.00135. The number of benzene rings is 1. The van der Waals surface area contributed by atoms with Gasteiger partial charge in [-0.25, -0.2) is 4.68 Å². The van der Waals surface area contributed by atoms with Crippen molar-refractivity contribution in [2.75, 3.05) is 11.6 Å². The fourth-order valence-electron chi connectivity index (χ4n) is 1.80. The summed E-state index contributed by atoms with van der Waals surface area (Å²) in [5.41, 5.74) is 0.823. The van der Waals surface area contributed by atoms with Gasteiger partial charge in [-0.2, -0.15) is 0 Å². The summed E-state index contributed by atoms with van der Waals surface area (Å²) in [6.07, 6.45) is 2.15. The van der Waals surface area contributed by atoms with E-state index in [1.165, 1.54) is 16.4 Å². The fourth-order valence-corrected chi connectivity index (χ4v) is 2.59. The third-order valence-corrected chi connectivity index (χ3v) is 4.24. The first-order valence-corrected chi connectivity index (χ1v) is 7.88. The number of carbonyl (C=O) groups is 1. The van der Waals surface area contributed by atoms with Crippen LogP contribution in [0.2, 0.25) is 5.02 Å². The van der Waals surface area contributed by atoms with Gasteiger partial charge in [0.05, 0.1) is 5.75 Å². The molecule has 3 rings (SSSR count). The molecule has 0 unspecified atom stereocenters. The molecule has 1 fully saturated rings. The number of halogens is 1. The quantitative estimate of drug-likeness (QED) is 0.646. The van der Waals surface area contributed by atoms with Crippen LogP contribution < -0.4 is 11.2 Å². The number of nitrogens with zero attached hydrogens (tertiary/aromatic N) is 3. The summed E-state index contributed by atoms with van der Waals surface area (Å²) in [5.74, 6) is 6.80. The number of aromatic nitrogens is 3. The molecule has 1 aliphatic rings. The molecule has 1 aromatic carbocycles. The Balaban J connectivity index is 1.67. The van der Waals surface area contributed by atoms with Gasteiger partial charge in [0.15, 0.2) is 5.82 Å². The van der Waals surface area contributed by atoms with Crippen LogP contribution in [0, 0.1) is 0 Å². The Bertz CT molecular complexity index is 653. The van der Waals surface area contributed by atoms with Crippen LogP contribution in [0.25, 0.3) is 11.4 Å². The minimum absolute atomic E-state index is 0.00135. The summed E-state index contributed by atoms with van der Waals surface area (Å²) < 4.78 is 1.39. The Morgan fingerprint density at radius 2 is 2.10 bits per heavy atom. The molecule has 2 aromatic rings. The fraction of sp³-hybridized carbons (Fsp3) is 0.308. The number of amides is 1. The van der Waals surface area contributed by atoms with Crippen LogP contribution in [0.5, 0.6) is 0 Å². The van der Waals surface area contributed by atoms with Gasteiger partial charge in [0.2, 0.25) is 11.1 Å². The Morgan fingerprint density at radius 3 is 2.76 bits per heavy atom. The maximum Gasteiger partial charge on any atom is 0.230 e. The molecule has 21 heavy (non-hydrogen) atoms. The van der Waals surface area contributed by atoms with Crippen molar-refractivity contribution in [3.05, 3.63) is 29.3 Å². The van der Waals surface area contributed by atoms with E-state index >= 15 is 0 Å². The lowest BCUT2D eigenvalue weighted by molar-refractivity contribution is -0.118. The Kier molecular flexibility index (Phi) is 4.03. The van der Waals surface area contributed by atoms with Crippen LogP contribution in [-0.2, 0) is 4.79 Å². The van der Waals surface area contributed by atoms with Crippen molar-refractivity contribution in [1.82, 2.24) is 20.2 Å². The molecule has 1 saturated carbocycles. The first kappa shape index (κ1) is 14.2. The molecular formula is C13H14ClN5OS. The number of carbonyl (C=O) groups excluding carboxylic acids is 1. The molecule has 0 radical (unpaired) electrons. The Hall–Kier alpha value is -1.73. The highest BCUT2D eigenvalue weighted by atomic mass is 35.5. The van der Waals surface area contributed by atoms with Gasteiger partial charge in [-0.05, 0) is 37.1 Å². The molecule has 6 nitrogen and oxygen atoms in total. The maximum absolute atomic E-state index is 11.6. The van der Waals surface area contributed by atoms with Crippen molar-refractivity contribution in [3.63, 3.8) is 0 Å². The second kappa shape index (κ2) is 5.95. The highest BCUT2D eigenvalue weighted by Crippen LogP contribution is 2.23. The van der Waals surface area contributed by atoms with E-state index in [2.05, 4.69) is 15.5 Å². The maximum atomic E-state index is 11.6. The molecule has 0 aliphatic heterocycles. The van der Waals surface area contributed by atoms with E-state index < -0.39 is 0 Å². The van der Waals surface area contributed by atoms with Crippen LogP contribution in [0.1, 0.15) is 12.8 Å². The van der Waals surface area contributed by atoms with Gasteiger partial charge in [0.25, 0.3) is 0 Å². The standard InChI is InChI=1S/C13H14ClN5OS/c14-9-3-1-8(2-4-9)12-17-18-13(19(12)15)21-7-11(20)16-10-5-6-10/h1-4,10H,5-7,15H2,(H,16,20). The highest BCUT2D eigenvalue weighted by Gasteiger charge is 2.23. The summed E-state index contributed by atoms with van der Waals surface area (Å²) in [4.78, 5) is 11.6. The zero-order valence-corrected chi connectivity index (χ0v) is 12.7. The predicted octanol–water partition coefficient (Wildman–Crippen LogP) is 1.68. The second-order valence-corrected chi connectivity index (χ2v) is 6.19. The molecular weight excluding hydrogens is 310 g/mol. The largest absolute Gasteiger partial charge is 0.353 e. The molecule has 3 N–H and O–H groups in total. The number of nitrogens with two attached hydrogens (primary N) is 1. The van der Waals surface area contributed by atoms with Crippen molar-refractivity contribution < 1.29 is 4.79 Å². The minimum Gasteiger partial charge on any atom is -0.353 e. The van der Waals surface area contributed by atoms with Crippen molar-refractivity contribution in [2.45, 2.75) is 24.0 Å². The van der Waals surface area contributed by atoms with Gasteiger partial charge < -0.3 is 11.2 Å². The third kappa shape index (κ3) is 3.48. The average molecular weight is 324 g/mol. The normalized spacial score (nSPS) is 14.1. The van der Waals surface area contributed by atoms with E-state index in [1.807, 2.05) is 12.1 Å². The molecule has 1 aliphatic carbocycles. The Labute approximate surface area is 131 Å². The molecule has 110 valence electrons. The van der Waals surface area contributed by atoms with Crippen molar-refractivity contribution in [3.8, 4) is 11.4 Å². The second-order valence-electron chi connectivity index (χ2n) is 4.81. The lowest BCUT2D eigenvalue weighted by Crippen LogP contribution is -2.27. The molecule has 1 amide bonds. The van der Waals surface area contributed by atoms with Gasteiger partial charge in [-0.15, -0.1) is 10.2 Å². The summed E-state index contributed by atoms with van der Waals surface area (Å²) in [5, 5.41) is 12.1. The highest BCUT2D eigenvalue weighted by molar-refractivity contribution is 7.99. The van der Waals surface area contributed by atoms with E-state index in [4.69, 9.17) is 17.4 Å². The molecule has 1 heterocycles. The van der Waals surface area contributed by atoms with E-state index in [9.17, 15) is 4.79 Å². The monoisotopic (exact) mass is 323 g/mol. The number of thioether (sulfide) groups is 1. The van der Waals surface area contributed by atoms with Gasteiger partial charge in [-0.3, -0.25) is 4.79 Å².